The summed E-state index contributed by atoms with van der Waals surface area (Å²) in [5, 5.41) is 9.71. The highest BCUT2D eigenvalue weighted by molar-refractivity contribution is 5.99. The standard InChI is InChI=1S/C21H20N2O3.C20H22N4O2.C19H17F3N2O2.C19H20N2O3.C19H19NO2.C18H19N3O2/c1-14-22-18-7-6-15(12-19(18)26-14)20(24)23-10-8-21(9-11-23)17-5-3-2-4-16(17)13-25-21;21-19(22)23-16-7-5-14(6-8-16)18(25)24-11-9-20(10-12-24)17-4-2-1-3-15(17)13-26-20;20-19(21,22)16-6-5-13(11-23-16)17(25)24-9-7-18(8-10-24)15-4-2-1-3-14(15)12-26-18;20-16-6-5-13(11-17(16)22)18(23)21-9-7-19(8-10-21)15-4-2-1-3-14(15)12-24-19;21-18(15-6-2-1-3-7-15)20-12-10-19(11-13-20)17-9-5-4-8-16(17)14-22-19;1-13-10-20-16(11-19-13)17(22)21-8-6-18(7-9-21)15-5-3-2-4-14(15)12-23-18/h2-7,12H,8-11,13H2,1H3;1-8H,9-13H2,(H4,21,22,23);1-6,11H,7-10,12H2;1-6,11,22H,7-10,12,20H2;1-9H,10-14H2;2-5,10-11H,6-9,12H2,1H3. The number of nitrogens with two attached hydrogens (primary N) is 3. The van der Waals surface area contributed by atoms with Crippen LogP contribution in [0.4, 0.5) is 24.5 Å². The van der Waals surface area contributed by atoms with Gasteiger partial charge >= 0.3 is 6.18 Å². The molecular formula is C116H117F3N14O14. The molecular weight excluding hydrogens is 1870 g/mol. The van der Waals surface area contributed by atoms with Gasteiger partial charge in [-0.3, -0.25) is 38.7 Å². The molecule has 31 heteroatoms. The molecule has 13 aromatic rings. The van der Waals surface area contributed by atoms with Crippen molar-refractivity contribution in [1.82, 2.24) is 49.3 Å². The van der Waals surface area contributed by atoms with Crippen LogP contribution in [-0.2, 0) is 108 Å². The Morgan fingerprint density at radius 2 is 0.646 bits per heavy atom. The topological polar surface area (TPSA) is 353 Å². The molecule has 25 rings (SSSR count). The summed E-state index contributed by atoms with van der Waals surface area (Å²) >= 11 is 0. The lowest BCUT2D eigenvalue weighted by Crippen LogP contribution is -2.45. The predicted octanol–water partition coefficient (Wildman–Crippen LogP) is 18.2. The van der Waals surface area contributed by atoms with Crippen molar-refractivity contribution >= 4 is 63.9 Å². The van der Waals surface area contributed by atoms with E-state index in [9.17, 15) is 47.0 Å². The van der Waals surface area contributed by atoms with E-state index in [2.05, 4.69) is 140 Å². The van der Waals surface area contributed by atoms with E-state index in [1.807, 2.05) is 111 Å². The largest absolute Gasteiger partial charge is 0.506 e. The van der Waals surface area contributed by atoms with Crippen molar-refractivity contribution in [1.29, 1.82) is 0 Å². The number of halogens is 3. The number of hydrogen-bond donors (Lipinski definition) is 4. The number of ether oxygens (including phenoxy) is 6. The Morgan fingerprint density at radius 3 is 0.973 bits per heavy atom. The number of piperidine rings is 6. The van der Waals surface area contributed by atoms with Gasteiger partial charge in [0.05, 0.1) is 102 Å². The first-order chi connectivity index (χ1) is 71.2. The molecule has 3 aromatic heterocycles. The number of benzene rings is 10. The van der Waals surface area contributed by atoms with Crippen molar-refractivity contribution in [3.8, 4) is 5.75 Å². The van der Waals surface area contributed by atoms with Crippen LogP contribution in [0.15, 0.2) is 277 Å². The van der Waals surface area contributed by atoms with Crippen molar-refractivity contribution in [2.75, 3.05) is 84.3 Å². The number of guanidine groups is 1. The fourth-order valence-corrected chi connectivity index (χ4v) is 22.7. The quantitative estimate of drug-likeness (QED) is 0.0498. The second kappa shape index (κ2) is 41.9. The number of amides is 6. The van der Waals surface area contributed by atoms with Gasteiger partial charge in [0, 0.05) is 120 Å². The zero-order valence-corrected chi connectivity index (χ0v) is 82.2. The van der Waals surface area contributed by atoms with Gasteiger partial charge in [-0.2, -0.15) is 13.2 Å². The summed E-state index contributed by atoms with van der Waals surface area (Å²) in [6, 6.07) is 78.8. The van der Waals surface area contributed by atoms with Crippen molar-refractivity contribution < 1.29 is 79.9 Å². The lowest BCUT2D eigenvalue weighted by atomic mass is 9.83. The number of aromatic nitrogens is 4. The molecule has 6 saturated heterocycles. The number of alkyl halides is 3. The zero-order chi connectivity index (χ0) is 102. The molecule has 15 heterocycles. The summed E-state index contributed by atoms with van der Waals surface area (Å²) in [6.45, 7) is 15.5. The fourth-order valence-electron chi connectivity index (χ4n) is 22.7. The zero-order valence-electron chi connectivity index (χ0n) is 82.2. The summed E-state index contributed by atoms with van der Waals surface area (Å²) in [5.41, 5.74) is 35.4. The predicted molar refractivity (Wildman–Crippen MR) is 544 cm³/mol. The molecule has 0 radical (unpaired) electrons. The van der Waals surface area contributed by atoms with Crippen LogP contribution in [0.2, 0.25) is 0 Å². The number of fused-ring (bicyclic) bond motifs is 13. The van der Waals surface area contributed by atoms with Crippen LogP contribution in [0.1, 0.15) is 223 Å². The highest BCUT2D eigenvalue weighted by atomic mass is 19.4. The number of phenols is 1. The highest BCUT2D eigenvalue weighted by Gasteiger charge is 2.51. The van der Waals surface area contributed by atoms with E-state index >= 15 is 0 Å². The molecule has 0 bridgehead atoms. The second-order valence-corrected chi connectivity index (χ2v) is 39.5. The number of pyridine rings is 1. The molecule has 0 unspecified atom stereocenters. The van der Waals surface area contributed by atoms with Crippen molar-refractivity contribution in [3.63, 3.8) is 0 Å². The third kappa shape index (κ3) is 20.7. The summed E-state index contributed by atoms with van der Waals surface area (Å²) in [7, 11) is 0. The SMILES string of the molecule is Cc1cnc(C(=O)N2CCC3(CC2)OCc2ccccc23)cn1.Cc1nc2ccc(C(=O)N3CCC4(CC3)OCc3ccccc34)cc2o1.NC(N)=Nc1ccc(C(=O)N2CCC3(CC2)OCc2ccccc23)cc1.Nc1ccc(C(=O)N2CCC3(CC2)OCc2ccccc23)cc1O.O=C(c1ccc(C(F)(F)F)nc1)N1CCC2(CC1)OCc1ccccc12.O=C(c1ccccc1)N1CCC2(CC1)OCc1ccccc12. The Hall–Kier alpha value is -14.9. The Bertz CT molecular complexity index is 7060. The number of carbonyl (C=O) groups is 6. The molecule has 6 amide bonds. The molecule has 0 saturated carbocycles. The number of nitrogen functional groups attached to an aromatic ring is 1. The maximum atomic E-state index is 12.9. The highest BCUT2D eigenvalue weighted by Crippen LogP contribution is 2.51. The molecule has 0 atom stereocenters. The van der Waals surface area contributed by atoms with Crippen molar-refractivity contribution in [2.24, 2.45) is 16.5 Å². The average Bonchev–Trinajstić information content (AvgIpc) is 1.64. The van der Waals surface area contributed by atoms with E-state index in [0.717, 1.165) is 106 Å². The minimum Gasteiger partial charge on any atom is -0.506 e. The number of hydrogen-bond acceptors (Lipinski definition) is 20. The van der Waals surface area contributed by atoms with Gasteiger partial charge in [0.25, 0.3) is 35.4 Å². The Balaban J connectivity index is 0.000000107. The molecule has 10 aromatic carbocycles. The number of aromatic hydroxyl groups is 1. The minimum atomic E-state index is -4.51. The average molecular weight is 1990 g/mol. The molecule has 0 aliphatic carbocycles. The van der Waals surface area contributed by atoms with Crippen molar-refractivity contribution in [3.05, 3.63) is 385 Å². The molecule has 7 N–H and O–H groups in total. The molecule has 6 fully saturated rings. The van der Waals surface area contributed by atoms with Crippen LogP contribution in [0.25, 0.3) is 11.1 Å². The first-order valence-corrected chi connectivity index (χ1v) is 50.3. The molecule has 28 nitrogen and oxygen atoms in total. The van der Waals surface area contributed by atoms with Gasteiger partial charge in [-0.15, -0.1) is 0 Å². The maximum Gasteiger partial charge on any atom is 0.433 e. The summed E-state index contributed by atoms with van der Waals surface area (Å²) < 4.78 is 80.2. The van der Waals surface area contributed by atoms with E-state index in [-0.39, 0.29) is 92.0 Å². The summed E-state index contributed by atoms with van der Waals surface area (Å²) in [6.07, 6.45) is 9.32. The molecule has 12 aliphatic rings. The van der Waals surface area contributed by atoms with Crippen molar-refractivity contribution in [2.45, 2.75) is 170 Å². The van der Waals surface area contributed by atoms with E-state index in [0.29, 0.717) is 157 Å². The van der Waals surface area contributed by atoms with Crippen LogP contribution in [0.5, 0.6) is 5.75 Å². The number of likely N-dealkylation sites (tertiary alicyclic amines) is 6. The molecule has 6 spiro atoms. The first kappa shape index (κ1) is 99.5. The van der Waals surface area contributed by atoms with Gasteiger partial charge in [0.2, 0.25) is 0 Å². The number of oxazole rings is 1. The number of nitrogens with zero attached hydrogens (tertiary/aromatic N) is 11. The third-order valence-electron chi connectivity index (χ3n) is 30.9. The number of carbonyl (C=O) groups excluding carboxylic acids is 6. The normalized spacial score (nSPS) is 18.6. The fraction of sp³-hybridized carbons (Fsp3) is 0.336. The second-order valence-electron chi connectivity index (χ2n) is 39.5. The lowest BCUT2D eigenvalue weighted by molar-refractivity contribution is -0.141. The number of rotatable bonds is 7. The van der Waals surface area contributed by atoms with Crippen LogP contribution in [0.3, 0.4) is 0 Å². The third-order valence-corrected chi connectivity index (χ3v) is 30.9. The van der Waals surface area contributed by atoms with Gasteiger partial charge in [-0.1, -0.05) is 164 Å². The number of anilines is 1. The van der Waals surface area contributed by atoms with Gasteiger partial charge in [-0.25, -0.2) is 15.0 Å². The van der Waals surface area contributed by atoms with Crippen LogP contribution >= 0.6 is 0 Å². The first-order valence-electron chi connectivity index (χ1n) is 50.3. The monoisotopic (exact) mass is 1990 g/mol. The van der Waals surface area contributed by atoms with Crippen LogP contribution in [-0.4, -0.2) is 174 Å². The summed E-state index contributed by atoms with van der Waals surface area (Å²) in [4.78, 5) is 107. The molecule has 12 aliphatic heterocycles. The van der Waals surface area contributed by atoms with Gasteiger partial charge in [0.15, 0.2) is 17.4 Å². The maximum absolute atomic E-state index is 12.9. The minimum absolute atomic E-state index is 0.00208. The van der Waals surface area contributed by atoms with Crippen LogP contribution in [0, 0.1) is 13.8 Å². The van der Waals surface area contributed by atoms with Gasteiger partial charge in [0.1, 0.15) is 22.7 Å². The van der Waals surface area contributed by atoms with E-state index in [1.165, 1.54) is 78.9 Å². The molecule has 147 heavy (non-hydrogen) atoms. The van der Waals surface area contributed by atoms with Gasteiger partial charge in [-0.05, 0) is 236 Å². The van der Waals surface area contributed by atoms with E-state index < -0.39 is 11.9 Å². The Kier molecular flexibility index (Phi) is 28.4. The Labute approximate surface area is 850 Å². The lowest BCUT2D eigenvalue weighted by Gasteiger charge is -2.39. The Morgan fingerprint density at radius 1 is 0.340 bits per heavy atom. The summed E-state index contributed by atoms with van der Waals surface area (Å²) in [5.74, 6) is 0.342. The van der Waals surface area contributed by atoms with E-state index in [1.54, 1.807) is 59.8 Å². The van der Waals surface area contributed by atoms with Gasteiger partial charge < -0.3 is 84.5 Å². The number of aryl methyl sites for hydroxylation is 2. The molecule has 756 valence electrons. The number of phenolic OH excluding ortho intramolecular Hbond substituents is 1. The smallest absolute Gasteiger partial charge is 0.433 e. The number of aliphatic imine (C=N–C) groups is 1. The van der Waals surface area contributed by atoms with E-state index in [4.69, 9.17) is 50.0 Å². The van der Waals surface area contributed by atoms with Crippen LogP contribution < -0.4 is 17.2 Å².